The summed E-state index contributed by atoms with van der Waals surface area (Å²) >= 11 is 0. The van der Waals surface area contributed by atoms with Crippen LogP contribution in [0.3, 0.4) is 0 Å². The summed E-state index contributed by atoms with van der Waals surface area (Å²) in [5, 5.41) is 9.09. The zero-order valence-electron chi connectivity index (χ0n) is 12.3. The molecule has 0 saturated heterocycles. The molecule has 1 nitrogen and oxygen atoms in total. The molecule has 0 N–H and O–H groups in total. The number of hydrogen-bond donors (Lipinski definition) is 0. The first-order valence-electron chi connectivity index (χ1n) is 7.85. The van der Waals surface area contributed by atoms with E-state index in [2.05, 4.69) is 19.6 Å². The van der Waals surface area contributed by atoms with E-state index in [1.807, 2.05) is 6.08 Å². The second kappa shape index (κ2) is 14.3. The standard InChI is InChI=1S/C17H31N/c1-3-5-7-9-10-11-13-15-17(16-18)14-12-8-6-4-2/h4,17H,2-3,5-15H2,1H3. The Bertz CT molecular complexity index is 214. The van der Waals surface area contributed by atoms with Gasteiger partial charge in [0.1, 0.15) is 0 Å². The maximum atomic E-state index is 9.09. The average Bonchev–Trinajstić information content (AvgIpc) is 2.40. The average molecular weight is 249 g/mol. The van der Waals surface area contributed by atoms with Gasteiger partial charge in [-0.3, -0.25) is 0 Å². The second-order valence-corrected chi connectivity index (χ2v) is 5.31. The fraction of sp³-hybridized carbons (Fsp3) is 0.824. The Kier molecular flexibility index (Phi) is 13.7. The van der Waals surface area contributed by atoms with Crippen molar-refractivity contribution in [3.63, 3.8) is 0 Å². The lowest BCUT2D eigenvalue weighted by molar-refractivity contribution is 0.481. The van der Waals surface area contributed by atoms with Gasteiger partial charge >= 0.3 is 0 Å². The Morgan fingerprint density at radius 2 is 1.50 bits per heavy atom. The highest BCUT2D eigenvalue weighted by Gasteiger charge is 2.06. The predicted octanol–water partition coefficient (Wildman–Crippen LogP) is 6.01. The highest BCUT2D eigenvalue weighted by atomic mass is 14.3. The largest absolute Gasteiger partial charge is 0.198 e. The molecule has 0 rings (SSSR count). The minimum Gasteiger partial charge on any atom is -0.198 e. The lowest BCUT2D eigenvalue weighted by Crippen LogP contribution is -1.97. The summed E-state index contributed by atoms with van der Waals surface area (Å²) in [6.45, 7) is 5.98. The SMILES string of the molecule is C=CCCCCC(C#N)CCCCCCCCC. The number of nitrogens with zero attached hydrogens (tertiary/aromatic N) is 1. The molecule has 0 spiro atoms. The van der Waals surface area contributed by atoms with Gasteiger partial charge in [0.25, 0.3) is 0 Å². The summed E-state index contributed by atoms with van der Waals surface area (Å²) in [5.74, 6) is 0.297. The third-order valence-electron chi connectivity index (χ3n) is 3.55. The van der Waals surface area contributed by atoms with Crippen LogP contribution in [0.4, 0.5) is 0 Å². The molecule has 1 atom stereocenters. The lowest BCUT2D eigenvalue weighted by atomic mass is 9.96. The van der Waals surface area contributed by atoms with Gasteiger partial charge in [-0.05, 0) is 25.7 Å². The summed E-state index contributed by atoms with van der Waals surface area (Å²) < 4.78 is 0. The fourth-order valence-electron chi connectivity index (χ4n) is 2.30. The van der Waals surface area contributed by atoms with Crippen LogP contribution in [0.5, 0.6) is 0 Å². The molecule has 0 aliphatic carbocycles. The highest BCUT2D eigenvalue weighted by Crippen LogP contribution is 2.17. The Morgan fingerprint density at radius 3 is 2.06 bits per heavy atom. The molecule has 0 aliphatic heterocycles. The maximum absolute atomic E-state index is 9.09. The molecule has 0 fully saturated rings. The van der Waals surface area contributed by atoms with Gasteiger partial charge in [0, 0.05) is 5.92 Å². The zero-order valence-corrected chi connectivity index (χ0v) is 12.3. The van der Waals surface area contributed by atoms with Crippen molar-refractivity contribution in [1.82, 2.24) is 0 Å². The van der Waals surface area contributed by atoms with Crippen LogP contribution >= 0.6 is 0 Å². The van der Waals surface area contributed by atoms with Crippen LogP contribution in [0, 0.1) is 17.2 Å². The predicted molar refractivity (Wildman–Crippen MR) is 80.4 cm³/mol. The van der Waals surface area contributed by atoms with E-state index in [0.29, 0.717) is 5.92 Å². The fourth-order valence-corrected chi connectivity index (χ4v) is 2.30. The Balaban J connectivity index is 3.33. The molecule has 1 unspecified atom stereocenters. The molecule has 0 amide bonds. The van der Waals surface area contributed by atoms with Crippen molar-refractivity contribution >= 4 is 0 Å². The van der Waals surface area contributed by atoms with Crippen LogP contribution in [-0.4, -0.2) is 0 Å². The first-order chi connectivity index (χ1) is 8.85. The molecule has 104 valence electrons. The third kappa shape index (κ3) is 11.7. The van der Waals surface area contributed by atoms with Crippen LogP contribution in [0.25, 0.3) is 0 Å². The van der Waals surface area contributed by atoms with Crippen LogP contribution in [0.2, 0.25) is 0 Å². The maximum Gasteiger partial charge on any atom is 0.0655 e. The second-order valence-electron chi connectivity index (χ2n) is 5.31. The van der Waals surface area contributed by atoms with E-state index in [0.717, 1.165) is 19.3 Å². The topological polar surface area (TPSA) is 23.8 Å². The van der Waals surface area contributed by atoms with Crippen LogP contribution in [-0.2, 0) is 0 Å². The molecule has 0 bridgehead atoms. The van der Waals surface area contributed by atoms with Crippen molar-refractivity contribution < 1.29 is 0 Å². The molecule has 0 radical (unpaired) electrons. The summed E-state index contributed by atoms with van der Waals surface area (Å²) in [6.07, 6.45) is 17.0. The third-order valence-corrected chi connectivity index (χ3v) is 3.55. The van der Waals surface area contributed by atoms with Gasteiger partial charge in [0.05, 0.1) is 6.07 Å². The van der Waals surface area contributed by atoms with Crippen molar-refractivity contribution in [3.8, 4) is 6.07 Å². The molecular formula is C17H31N. The van der Waals surface area contributed by atoms with E-state index in [9.17, 15) is 0 Å². The number of allylic oxidation sites excluding steroid dienone is 1. The Hall–Kier alpha value is -0.770. The molecule has 0 aromatic carbocycles. The van der Waals surface area contributed by atoms with E-state index in [-0.39, 0.29) is 0 Å². The van der Waals surface area contributed by atoms with Crippen molar-refractivity contribution in [3.05, 3.63) is 12.7 Å². The minimum absolute atomic E-state index is 0.297. The molecule has 0 aromatic rings. The number of hydrogen-bond acceptors (Lipinski definition) is 1. The number of nitriles is 1. The molecule has 18 heavy (non-hydrogen) atoms. The quantitative estimate of drug-likeness (QED) is 0.289. The molecular weight excluding hydrogens is 218 g/mol. The molecule has 0 aromatic heterocycles. The van der Waals surface area contributed by atoms with Gasteiger partial charge in [-0.15, -0.1) is 6.58 Å². The van der Waals surface area contributed by atoms with Gasteiger partial charge in [-0.2, -0.15) is 5.26 Å². The van der Waals surface area contributed by atoms with Crippen LogP contribution in [0.15, 0.2) is 12.7 Å². The van der Waals surface area contributed by atoms with Crippen LogP contribution in [0.1, 0.15) is 84.0 Å². The van der Waals surface area contributed by atoms with Gasteiger partial charge in [-0.1, -0.05) is 64.4 Å². The summed E-state index contributed by atoms with van der Waals surface area (Å²) in [4.78, 5) is 0. The molecule has 0 heterocycles. The van der Waals surface area contributed by atoms with Gasteiger partial charge in [-0.25, -0.2) is 0 Å². The molecule has 1 heteroatoms. The van der Waals surface area contributed by atoms with E-state index >= 15 is 0 Å². The smallest absolute Gasteiger partial charge is 0.0655 e. The van der Waals surface area contributed by atoms with E-state index in [4.69, 9.17) is 5.26 Å². The van der Waals surface area contributed by atoms with Gasteiger partial charge in [0.2, 0.25) is 0 Å². The van der Waals surface area contributed by atoms with Crippen molar-refractivity contribution in [1.29, 1.82) is 5.26 Å². The van der Waals surface area contributed by atoms with E-state index < -0.39 is 0 Å². The van der Waals surface area contributed by atoms with Gasteiger partial charge < -0.3 is 0 Å². The normalized spacial score (nSPS) is 12.0. The first kappa shape index (κ1) is 17.2. The molecule has 0 saturated carbocycles. The van der Waals surface area contributed by atoms with Gasteiger partial charge in [0.15, 0.2) is 0 Å². The summed E-state index contributed by atoms with van der Waals surface area (Å²) in [5.41, 5.74) is 0. The lowest BCUT2D eigenvalue weighted by Gasteiger charge is -2.08. The zero-order chi connectivity index (χ0) is 13.5. The van der Waals surface area contributed by atoms with Crippen LogP contribution < -0.4 is 0 Å². The van der Waals surface area contributed by atoms with Crippen molar-refractivity contribution in [2.24, 2.45) is 5.92 Å². The van der Waals surface area contributed by atoms with Crippen molar-refractivity contribution in [2.75, 3.05) is 0 Å². The summed E-state index contributed by atoms with van der Waals surface area (Å²) in [7, 11) is 0. The minimum atomic E-state index is 0.297. The number of rotatable bonds is 13. The van der Waals surface area contributed by atoms with Crippen molar-refractivity contribution in [2.45, 2.75) is 84.0 Å². The summed E-state index contributed by atoms with van der Waals surface area (Å²) in [6, 6.07) is 2.46. The van der Waals surface area contributed by atoms with E-state index in [1.54, 1.807) is 0 Å². The highest BCUT2D eigenvalue weighted by molar-refractivity contribution is 4.82. The Labute approximate surface area is 114 Å². The monoisotopic (exact) mass is 249 g/mol. The first-order valence-corrected chi connectivity index (χ1v) is 7.85. The number of unbranched alkanes of at least 4 members (excludes halogenated alkanes) is 8. The molecule has 0 aliphatic rings. The van der Waals surface area contributed by atoms with E-state index in [1.165, 1.54) is 57.8 Å². The Morgan fingerprint density at radius 1 is 0.944 bits per heavy atom.